The number of aromatic nitrogens is 2. The molecule has 0 aromatic carbocycles. The van der Waals surface area contributed by atoms with Crippen LogP contribution in [0, 0.1) is 0 Å². The fourth-order valence-corrected chi connectivity index (χ4v) is 1.67. The summed E-state index contributed by atoms with van der Waals surface area (Å²) in [6.45, 7) is 1.91. The molecule has 100 valence electrons. The van der Waals surface area contributed by atoms with Crippen molar-refractivity contribution < 1.29 is 9.21 Å². The van der Waals surface area contributed by atoms with E-state index >= 15 is 0 Å². The van der Waals surface area contributed by atoms with Crippen LogP contribution < -0.4 is 10.6 Å². The van der Waals surface area contributed by atoms with Gasteiger partial charge in [0.2, 0.25) is 0 Å². The minimum Gasteiger partial charge on any atom is -0.469 e. The number of nitrogens with one attached hydrogen (secondary N) is 2. The number of amides is 1. The third-order valence-electron chi connectivity index (χ3n) is 2.62. The van der Waals surface area contributed by atoms with Crippen molar-refractivity contribution >= 4 is 11.7 Å². The summed E-state index contributed by atoms with van der Waals surface area (Å²) in [7, 11) is 1.75. The maximum atomic E-state index is 11.9. The molecule has 6 heteroatoms. The number of carbonyl (C=O) groups excluding carboxylic acids is 1. The summed E-state index contributed by atoms with van der Waals surface area (Å²) in [4.78, 5) is 11.9. The largest absolute Gasteiger partial charge is 0.469 e. The highest BCUT2D eigenvalue weighted by atomic mass is 16.3. The fraction of sp³-hybridized carbons (Fsp3) is 0.308. The Labute approximate surface area is 111 Å². The van der Waals surface area contributed by atoms with Crippen molar-refractivity contribution in [1.82, 2.24) is 15.5 Å². The van der Waals surface area contributed by atoms with Crippen LogP contribution in [-0.4, -0.2) is 29.2 Å². The zero-order chi connectivity index (χ0) is 13.7. The molecule has 0 aliphatic rings. The zero-order valence-electron chi connectivity index (χ0n) is 10.9. The van der Waals surface area contributed by atoms with E-state index in [1.807, 2.05) is 19.1 Å². The van der Waals surface area contributed by atoms with E-state index in [2.05, 4.69) is 20.8 Å². The minimum absolute atomic E-state index is 0.0376. The Kier molecular flexibility index (Phi) is 4.12. The van der Waals surface area contributed by atoms with Gasteiger partial charge in [-0.05, 0) is 31.2 Å². The number of hydrogen-bond acceptors (Lipinski definition) is 5. The van der Waals surface area contributed by atoms with E-state index in [-0.39, 0.29) is 11.9 Å². The normalized spacial score (nSPS) is 11.9. The second-order valence-corrected chi connectivity index (χ2v) is 4.21. The number of rotatable bonds is 5. The van der Waals surface area contributed by atoms with E-state index in [9.17, 15) is 4.79 Å². The quantitative estimate of drug-likeness (QED) is 0.851. The first-order valence-corrected chi connectivity index (χ1v) is 6.04. The van der Waals surface area contributed by atoms with Crippen LogP contribution in [-0.2, 0) is 6.42 Å². The van der Waals surface area contributed by atoms with Gasteiger partial charge >= 0.3 is 0 Å². The van der Waals surface area contributed by atoms with Gasteiger partial charge in [-0.3, -0.25) is 4.79 Å². The van der Waals surface area contributed by atoms with Crippen molar-refractivity contribution in [3.8, 4) is 0 Å². The lowest BCUT2D eigenvalue weighted by molar-refractivity contribution is 0.0933. The van der Waals surface area contributed by atoms with Gasteiger partial charge in [0, 0.05) is 19.5 Å². The van der Waals surface area contributed by atoms with Crippen molar-refractivity contribution in [3.63, 3.8) is 0 Å². The lowest BCUT2D eigenvalue weighted by Gasteiger charge is -2.11. The van der Waals surface area contributed by atoms with Gasteiger partial charge in [-0.15, -0.1) is 10.2 Å². The first-order chi connectivity index (χ1) is 9.19. The van der Waals surface area contributed by atoms with Crippen LogP contribution >= 0.6 is 0 Å². The van der Waals surface area contributed by atoms with Gasteiger partial charge in [0.05, 0.1) is 6.26 Å². The molecular formula is C13H16N4O2. The molecule has 19 heavy (non-hydrogen) atoms. The molecule has 1 unspecified atom stereocenters. The molecule has 2 rings (SSSR count). The lowest BCUT2D eigenvalue weighted by Crippen LogP contribution is -2.34. The summed E-state index contributed by atoms with van der Waals surface area (Å²) in [5, 5.41) is 13.4. The van der Waals surface area contributed by atoms with Crippen LogP contribution in [0.25, 0.3) is 0 Å². The summed E-state index contributed by atoms with van der Waals surface area (Å²) >= 11 is 0. The molecule has 0 spiro atoms. The Hall–Kier alpha value is -2.37. The second-order valence-electron chi connectivity index (χ2n) is 4.21. The number of nitrogens with zero attached hydrogens (tertiary/aromatic N) is 2. The van der Waals surface area contributed by atoms with Crippen molar-refractivity contribution in [1.29, 1.82) is 0 Å². The number of furan rings is 1. The first-order valence-electron chi connectivity index (χ1n) is 6.04. The van der Waals surface area contributed by atoms with Gasteiger partial charge in [-0.1, -0.05) is 0 Å². The van der Waals surface area contributed by atoms with Crippen LogP contribution in [0.3, 0.4) is 0 Å². The molecule has 0 aliphatic heterocycles. The number of carbonyl (C=O) groups is 1. The van der Waals surface area contributed by atoms with E-state index < -0.39 is 0 Å². The Bertz CT molecular complexity index is 522. The molecule has 2 N–H and O–H groups in total. The van der Waals surface area contributed by atoms with Crippen LogP contribution in [0.1, 0.15) is 23.2 Å². The zero-order valence-corrected chi connectivity index (χ0v) is 10.9. The third kappa shape index (κ3) is 3.54. The van der Waals surface area contributed by atoms with Crippen molar-refractivity contribution in [3.05, 3.63) is 42.0 Å². The number of hydrogen-bond donors (Lipinski definition) is 2. The van der Waals surface area contributed by atoms with E-state index in [0.717, 1.165) is 5.76 Å². The topological polar surface area (TPSA) is 80.0 Å². The van der Waals surface area contributed by atoms with Crippen molar-refractivity contribution in [2.45, 2.75) is 19.4 Å². The molecule has 0 fully saturated rings. The standard InChI is InChI=1S/C13H16N4O2/c1-9(8-10-4-3-7-19-10)15-13(18)11-5-6-12(14-2)17-16-11/h3-7,9H,8H2,1-2H3,(H,14,17)(H,15,18). The molecule has 2 aromatic rings. The Balaban J connectivity index is 1.92. The smallest absolute Gasteiger partial charge is 0.272 e. The van der Waals surface area contributed by atoms with Crippen LogP contribution in [0.5, 0.6) is 0 Å². The van der Waals surface area contributed by atoms with E-state index in [4.69, 9.17) is 4.42 Å². The Morgan fingerprint density at radius 2 is 2.21 bits per heavy atom. The second kappa shape index (κ2) is 5.99. The molecule has 0 aliphatic carbocycles. The predicted octanol–water partition coefficient (Wildman–Crippen LogP) is 1.47. The average molecular weight is 260 g/mol. The maximum absolute atomic E-state index is 11.9. The molecular weight excluding hydrogens is 244 g/mol. The van der Waals surface area contributed by atoms with Gasteiger partial charge in [-0.2, -0.15) is 0 Å². The summed E-state index contributed by atoms with van der Waals surface area (Å²) in [5.74, 6) is 1.22. The molecule has 1 atom stereocenters. The van der Waals surface area contributed by atoms with Crippen LogP contribution in [0.2, 0.25) is 0 Å². The van der Waals surface area contributed by atoms with E-state index in [1.165, 1.54) is 0 Å². The van der Waals surface area contributed by atoms with E-state index in [0.29, 0.717) is 17.9 Å². The Morgan fingerprint density at radius 1 is 1.37 bits per heavy atom. The molecule has 1 amide bonds. The fourth-order valence-electron chi connectivity index (χ4n) is 1.67. The van der Waals surface area contributed by atoms with Crippen LogP contribution in [0.15, 0.2) is 34.9 Å². The average Bonchev–Trinajstić information content (AvgIpc) is 2.91. The monoisotopic (exact) mass is 260 g/mol. The van der Waals surface area contributed by atoms with Gasteiger partial charge in [0.1, 0.15) is 11.6 Å². The van der Waals surface area contributed by atoms with Gasteiger partial charge < -0.3 is 15.1 Å². The molecule has 2 aromatic heterocycles. The van der Waals surface area contributed by atoms with Gasteiger partial charge in [0.25, 0.3) is 5.91 Å². The summed E-state index contributed by atoms with van der Waals surface area (Å²) in [6.07, 6.45) is 2.26. The minimum atomic E-state index is -0.241. The highest BCUT2D eigenvalue weighted by molar-refractivity contribution is 5.92. The third-order valence-corrected chi connectivity index (χ3v) is 2.62. The number of anilines is 1. The first kappa shape index (κ1) is 13.1. The summed E-state index contributed by atoms with van der Waals surface area (Å²) in [5.41, 5.74) is 0.297. The SMILES string of the molecule is CNc1ccc(C(=O)NC(C)Cc2ccco2)nn1. The molecule has 0 bridgehead atoms. The van der Waals surface area contributed by atoms with Crippen LogP contribution in [0.4, 0.5) is 5.82 Å². The summed E-state index contributed by atoms with van der Waals surface area (Å²) in [6, 6.07) is 7.01. The predicted molar refractivity (Wildman–Crippen MR) is 70.9 cm³/mol. The van der Waals surface area contributed by atoms with Gasteiger partial charge in [-0.25, -0.2) is 0 Å². The van der Waals surface area contributed by atoms with Crippen molar-refractivity contribution in [2.24, 2.45) is 0 Å². The molecule has 0 radical (unpaired) electrons. The maximum Gasteiger partial charge on any atom is 0.272 e. The van der Waals surface area contributed by atoms with Crippen molar-refractivity contribution in [2.75, 3.05) is 12.4 Å². The highest BCUT2D eigenvalue weighted by Crippen LogP contribution is 2.05. The van der Waals surface area contributed by atoms with E-state index in [1.54, 1.807) is 25.4 Å². The lowest BCUT2D eigenvalue weighted by atomic mass is 10.2. The van der Waals surface area contributed by atoms with Gasteiger partial charge in [0.15, 0.2) is 5.69 Å². The highest BCUT2D eigenvalue weighted by Gasteiger charge is 2.12. The molecule has 2 heterocycles. The molecule has 0 saturated carbocycles. The Morgan fingerprint density at radius 3 is 2.79 bits per heavy atom. The summed E-state index contributed by atoms with van der Waals surface area (Å²) < 4.78 is 5.23. The molecule has 6 nitrogen and oxygen atoms in total. The molecule has 0 saturated heterocycles.